The summed E-state index contributed by atoms with van der Waals surface area (Å²) >= 11 is 0. The van der Waals surface area contributed by atoms with Gasteiger partial charge in [-0.05, 0) is 70.0 Å². The summed E-state index contributed by atoms with van der Waals surface area (Å²) < 4.78 is 52.4. The molecule has 42 heavy (non-hydrogen) atoms. The van der Waals surface area contributed by atoms with Gasteiger partial charge in [-0.25, -0.2) is 13.8 Å². The fraction of sp³-hybridized carbons (Fsp3) is 0.429. The van der Waals surface area contributed by atoms with Gasteiger partial charge in [0.15, 0.2) is 0 Å². The highest BCUT2D eigenvalue weighted by molar-refractivity contribution is 7.52. The van der Waals surface area contributed by atoms with Crippen LogP contribution in [0.1, 0.15) is 45.9 Å². The minimum absolute atomic E-state index is 0.141. The Kier molecular flexibility index (Phi) is 9.78. The average Bonchev–Trinajstić information content (AvgIpc) is 3.28. The number of halogens is 1. The highest BCUT2D eigenvalue weighted by Crippen LogP contribution is 2.47. The van der Waals surface area contributed by atoms with Crippen LogP contribution in [0.2, 0.25) is 0 Å². The quantitative estimate of drug-likeness (QED) is 0.242. The summed E-state index contributed by atoms with van der Waals surface area (Å²) in [5.74, 6) is -1.14. The number of esters is 1. The Hall–Kier alpha value is -3.64. The number of carbonyl (C=O) groups excluding carboxylic acids is 1. The SMILES string of the molecule is Cc1cc(OP(=O)(N[C@@H](C)C(=O)OC(C)C)OCC2CC(C)C(n3ccc(=O)[nH]c3=O)O2)ccc1-c1ncccc1F. The molecule has 2 aromatic heterocycles. The van der Waals surface area contributed by atoms with Gasteiger partial charge in [0.25, 0.3) is 5.56 Å². The smallest absolute Gasteiger partial charge is 0.459 e. The lowest BCUT2D eigenvalue weighted by Gasteiger charge is -2.25. The number of hydrogen-bond acceptors (Lipinski definition) is 9. The maximum Gasteiger partial charge on any atom is 0.459 e. The summed E-state index contributed by atoms with van der Waals surface area (Å²) in [6, 6.07) is 7.61. The number of pyridine rings is 1. The van der Waals surface area contributed by atoms with Crippen LogP contribution in [-0.2, 0) is 23.4 Å². The van der Waals surface area contributed by atoms with Crippen LogP contribution in [0.4, 0.5) is 4.39 Å². The van der Waals surface area contributed by atoms with Gasteiger partial charge in [0.1, 0.15) is 29.5 Å². The molecule has 4 rings (SSSR count). The summed E-state index contributed by atoms with van der Waals surface area (Å²) in [7, 11) is -4.23. The highest BCUT2D eigenvalue weighted by atomic mass is 31.2. The third kappa shape index (κ3) is 7.60. The van der Waals surface area contributed by atoms with Crippen LogP contribution in [0.25, 0.3) is 11.3 Å². The van der Waals surface area contributed by atoms with Crippen molar-refractivity contribution in [2.75, 3.05) is 6.61 Å². The lowest BCUT2D eigenvalue weighted by atomic mass is 10.0. The third-order valence-corrected chi connectivity index (χ3v) is 8.15. The number of H-pyrrole nitrogens is 1. The van der Waals surface area contributed by atoms with Gasteiger partial charge in [0, 0.05) is 29.9 Å². The number of ether oxygens (including phenoxy) is 2. The van der Waals surface area contributed by atoms with E-state index in [1.54, 1.807) is 32.9 Å². The average molecular weight is 605 g/mol. The number of rotatable bonds is 11. The van der Waals surface area contributed by atoms with E-state index in [1.165, 1.54) is 48.1 Å². The molecule has 1 fully saturated rings. The summed E-state index contributed by atoms with van der Waals surface area (Å²) in [6.07, 6.45) is 1.62. The number of carbonyl (C=O) groups is 1. The van der Waals surface area contributed by atoms with Gasteiger partial charge >= 0.3 is 19.4 Å². The van der Waals surface area contributed by atoms with E-state index >= 15 is 0 Å². The predicted octanol–water partition coefficient (Wildman–Crippen LogP) is 4.10. The van der Waals surface area contributed by atoms with Crippen molar-refractivity contribution in [2.45, 2.75) is 65.5 Å². The Morgan fingerprint density at radius 3 is 2.69 bits per heavy atom. The standard InChI is InChI=1S/C28H34FN4O8P/c1-16(2)39-27(35)19(5)32-42(37,41-20-8-9-22(17(3)13-20)25-23(29)7-6-11-30-25)38-15-21-14-18(4)26(40-21)33-12-10-24(34)31-28(33)36/h6-13,16,18-19,21,26H,14-15H2,1-5H3,(H,32,37)(H,31,34,36)/t18?,19-,21?,26?,42?/m0/s1. The number of aryl methyl sites for hydroxylation is 1. The van der Waals surface area contributed by atoms with Gasteiger partial charge in [-0.1, -0.05) is 6.92 Å². The van der Waals surface area contributed by atoms with Crippen molar-refractivity contribution in [3.63, 3.8) is 0 Å². The van der Waals surface area contributed by atoms with Crippen LogP contribution in [0.3, 0.4) is 0 Å². The Morgan fingerprint density at radius 2 is 2.02 bits per heavy atom. The topological polar surface area (TPSA) is 151 Å². The molecule has 0 radical (unpaired) electrons. The molecule has 0 aliphatic carbocycles. The molecule has 0 amide bonds. The van der Waals surface area contributed by atoms with Crippen molar-refractivity contribution >= 4 is 13.7 Å². The zero-order valence-electron chi connectivity index (χ0n) is 23.9. The maximum atomic E-state index is 14.3. The fourth-order valence-electron chi connectivity index (χ4n) is 4.57. The minimum Gasteiger partial charge on any atom is -0.462 e. The highest BCUT2D eigenvalue weighted by Gasteiger charge is 2.38. The van der Waals surface area contributed by atoms with Crippen LogP contribution < -0.4 is 20.9 Å². The first-order valence-corrected chi connectivity index (χ1v) is 15.0. The van der Waals surface area contributed by atoms with Crippen LogP contribution in [0, 0.1) is 18.7 Å². The van der Waals surface area contributed by atoms with Crippen LogP contribution in [0.5, 0.6) is 5.75 Å². The summed E-state index contributed by atoms with van der Waals surface area (Å²) in [4.78, 5) is 42.5. The molecule has 1 aromatic carbocycles. The third-order valence-electron chi connectivity index (χ3n) is 6.50. The second-order valence-electron chi connectivity index (χ2n) is 10.4. The van der Waals surface area contributed by atoms with Crippen LogP contribution >= 0.6 is 7.75 Å². The van der Waals surface area contributed by atoms with E-state index in [0.29, 0.717) is 17.5 Å². The molecular weight excluding hydrogens is 570 g/mol. The summed E-state index contributed by atoms with van der Waals surface area (Å²) in [5.41, 5.74) is 0.150. The van der Waals surface area contributed by atoms with E-state index in [4.69, 9.17) is 18.5 Å². The summed E-state index contributed by atoms with van der Waals surface area (Å²) in [6.45, 7) is 8.24. The lowest BCUT2D eigenvalue weighted by Crippen LogP contribution is -2.36. The molecule has 0 spiro atoms. The Morgan fingerprint density at radius 1 is 1.26 bits per heavy atom. The first-order chi connectivity index (χ1) is 19.8. The number of benzene rings is 1. The zero-order chi connectivity index (χ0) is 30.6. The number of nitrogens with one attached hydrogen (secondary N) is 2. The fourth-order valence-corrected chi connectivity index (χ4v) is 6.08. The number of hydrogen-bond donors (Lipinski definition) is 2. The molecule has 1 aliphatic rings. The van der Waals surface area contributed by atoms with E-state index in [0.717, 1.165) is 0 Å². The second-order valence-corrected chi connectivity index (χ2v) is 12.1. The first kappa shape index (κ1) is 31.3. The van der Waals surface area contributed by atoms with E-state index < -0.39 is 55.3 Å². The van der Waals surface area contributed by atoms with Crippen LogP contribution in [0.15, 0.2) is 58.4 Å². The van der Waals surface area contributed by atoms with E-state index in [9.17, 15) is 23.3 Å². The molecule has 0 bridgehead atoms. The molecule has 1 aliphatic heterocycles. The Balaban J connectivity index is 1.53. The molecule has 4 unspecified atom stereocenters. The molecule has 3 heterocycles. The molecule has 5 atom stereocenters. The lowest BCUT2D eigenvalue weighted by molar-refractivity contribution is -0.149. The van der Waals surface area contributed by atoms with Gasteiger partial charge in [0.05, 0.1) is 18.8 Å². The second kappa shape index (κ2) is 13.1. The largest absolute Gasteiger partial charge is 0.462 e. The molecule has 226 valence electrons. The molecule has 1 saturated heterocycles. The zero-order valence-corrected chi connectivity index (χ0v) is 24.8. The van der Waals surface area contributed by atoms with Gasteiger partial charge < -0.3 is 14.0 Å². The van der Waals surface area contributed by atoms with E-state index in [2.05, 4.69) is 15.1 Å². The molecule has 0 saturated carbocycles. The summed E-state index contributed by atoms with van der Waals surface area (Å²) in [5, 5.41) is 2.63. The van der Waals surface area contributed by atoms with Crippen molar-refractivity contribution in [1.82, 2.24) is 19.6 Å². The minimum atomic E-state index is -4.23. The first-order valence-electron chi connectivity index (χ1n) is 13.5. The number of aromatic nitrogens is 3. The van der Waals surface area contributed by atoms with Crippen LogP contribution in [-0.4, -0.2) is 45.4 Å². The molecular formula is C28H34FN4O8P. The van der Waals surface area contributed by atoms with Crippen molar-refractivity contribution in [2.24, 2.45) is 5.92 Å². The molecule has 12 nitrogen and oxygen atoms in total. The van der Waals surface area contributed by atoms with E-state index in [1.807, 2.05) is 6.92 Å². The number of nitrogens with zero attached hydrogens (tertiary/aromatic N) is 2. The van der Waals surface area contributed by atoms with Gasteiger partial charge in [0.2, 0.25) is 0 Å². The molecule has 14 heteroatoms. The van der Waals surface area contributed by atoms with Crippen molar-refractivity contribution < 1.29 is 32.3 Å². The normalized spacial score (nSPS) is 20.7. The van der Waals surface area contributed by atoms with E-state index in [-0.39, 0.29) is 24.0 Å². The molecule has 3 aromatic rings. The van der Waals surface area contributed by atoms with Gasteiger partial charge in [-0.15, -0.1) is 0 Å². The number of aromatic amines is 1. The van der Waals surface area contributed by atoms with Crippen molar-refractivity contribution in [3.05, 3.63) is 81.0 Å². The monoisotopic (exact) mass is 604 g/mol. The van der Waals surface area contributed by atoms with Gasteiger partial charge in [-0.2, -0.15) is 5.09 Å². The predicted molar refractivity (Wildman–Crippen MR) is 151 cm³/mol. The van der Waals surface area contributed by atoms with Crippen molar-refractivity contribution in [1.29, 1.82) is 0 Å². The van der Waals surface area contributed by atoms with Crippen molar-refractivity contribution in [3.8, 4) is 17.0 Å². The van der Waals surface area contributed by atoms with Gasteiger partial charge in [-0.3, -0.25) is 28.6 Å². The Bertz CT molecular complexity index is 1590. The Labute approximate surface area is 241 Å². The maximum absolute atomic E-state index is 14.3. The molecule has 2 N–H and O–H groups in total.